The number of furan rings is 1. The molecule has 1 atom stereocenters. The number of methoxy groups -OCH3 is 1. The molecule has 2 aliphatic rings. The maximum absolute atomic E-state index is 14.0. The van der Waals surface area contributed by atoms with Crippen LogP contribution in [0, 0.1) is 6.92 Å². The Hall–Kier alpha value is -3.19. The molecule has 0 saturated carbocycles. The molecule has 0 radical (unpaired) electrons. The smallest absolute Gasteiger partial charge is 0.291 e. The van der Waals surface area contributed by atoms with Gasteiger partial charge in [0.1, 0.15) is 5.75 Å². The summed E-state index contributed by atoms with van der Waals surface area (Å²) in [7, 11) is 1.60. The van der Waals surface area contributed by atoms with Crippen LogP contribution >= 0.6 is 11.8 Å². The van der Waals surface area contributed by atoms with Gasteiger partial charge in [-0.3, -0.25) is 9.59 Å². The van der Waals surface area contributed by atoms with Crippen molar-refractivity contribution in [2.24, 2.45) is 0 Å². The number of thioether (sulfide) groups is 1. The minimum absolute atomic E-state index is 0.112. The summed E-state index contributed by atoms with van der Waals surface area (Å²) >= 11 is 1.49. The van der Waals surface area contributed by atoms with Gasteiger partial charge in [0, 0.05) is 17.9 Å². The van der Waals surface area contributed by atoms with E-state index in [-0.39, 0.29) is 17.6 Å². The summed E-state index contributed by atoms with van der Waals surface area (Å²) in [6.07, 6.45) is 1.47. The second-order valence-electron chi connectivity index (χ2n) is 7.69. The van der Waals surface area contributed by atoms with E-state index in [9.17, 15) is 9.59 Å². The van der Waals surface area contributed by atoms with Crippen molar-refractivity contribution in [1.29, 1.82) is 0 Å². The predicted octanol–water partition coefficient (Wildman–Crippen LogP) is 4.19. The van der Waals surface area contributed by atoms with Crippen LogP contribution < -0.4 is 9.64 Å². The molecule has 2 amide bonds. The number of benzene rings is 2. The highest BCUT2D eigenvalue weighted by Gasteiger charge is 2.60. The molecule has 0 unspecified atom stereocenters. The number of fused-ring (bicyclic) bond motifs is 2. The molecule has 5 rings (SSSR count). The van der Waals surface area contributed by atoms with Crippen molar-refractivity contribution in [3.05, 3.63) is 83.3 Å². The first-order valence-corrected chi connectivity index (χ1v) is 11.1. The summed E-state index contributed by atoms with van der Waals surface area (Å²) < 4.78 is 10.8. The average molecular weight is 435 g/mol. The van der Waals surface area contributed by atoms with Crippen LogP contribution in [0.2, 0.25) is 0 Å². The molecule has 2 aromatic carbocycles. The highest BCUT2D eigenvalue weighted by molar-refractivity contribution is 8.01. The van der Waals surface area contributed by atoms with E-state index in [0.717, 1.165) is 16.8 Å². The van der Waals surface area contributed by atoms with Gasteiger partial charge in [-0.1, -0.05) is 29.8 Å². The van der Waals surface area contributed by atoms with E-state index in [1.807, 2.05) is 49.4 Å². The number of amides is 2. The van der Waals surface area contributed by atoms with Crippen LogP contribution in [-0.2, 0) is 16.2 Å². The Morgan fingerprint density at radius 1 is 1.19 bits per heavy atom. The van der Waals surface area contributed by atoms with Gasteiger partial charge in [-0.05, 0) is 42.8 Å². The standard InChI is InChI=1S/C24H22N2O4S/c1-16-5-7-17(8-6-16)15-25-20-10-9-18(29-2)14-19(20)24(23(25)28)26(11-13-31-24)22(27)21-4-3-12-30-21/h3-10,12,14H,11,13,15H2,1-2H3/t24-/m0/s1. The molecular formula is C24H22N2O4S. The lowest BCUT2D eigenvalue weighted by Gasteiger charge is -2.32. The van der Waals surface area contributed by atoms with E-state index in [0.29, 0.717) is 24.6 Å². The van der Waals surface area contributed by atoms with E-state index in [2.05, 4.69) is 0 Å². The van der Waals surface area contributed by atoms with Crippen LogP contribution in [0.4, 0.5) is 5.69 Å². The summed E-state index contributed by atoms with van der Waals surface area (Å²) in [5, 5.41) is 0. The number of hydrogen-bond donors (Lipinski definition) is 0. The summed E-state index contributed by atoms with van der Waals surface area (Å²) in [4.78, 5) is 29.6. The van der Waals surface area contributed by atoms with Crippen LogP contribution in [0.3, 0.4) is 0 Å². The van der Waals surface area contributed by atoms with Crippen molar-refractivity contribution in [3.8, 4) is 5.75 Å². The zero-order valence-electron chi connectivity index (χ0n) is 17.3. The Morgan fingerprint density at radius 2 is 2.00 bits per heavy atom. The van der Waals surface area contributed by atoms with Crippen LogP contribution in [-0.4, -0.2) is 36.1 Å². The normalized spacial score (nSPS) is 19.9. The fraction of sp³-hybridized carbons (Fsp3) is 0.250. The lowest BCUT2D eigenvalue weighted by molar-refractivity contribution is -0.123. The van der Waals surface area contributed by atoms with Gasteiger partial charge in [-0.2, -0.15) is 0 Å². The summed E-state index contributed by atoms with van der Waals surface area (Å²) in [5.41, 5.74) is 3.79. The molecular weight excluding hydrogens is 412 g/mol. The third kappa shape index (κ3) is 3.03. The highest BCUT2D eigenvalue weighted by atomic mass is 32.2. The fourth-order valence-electron chi connectivity index (χ4n) is 4.29. The maximum Gasteiger partial charge on any atom is 0.291 e. The van der Waals surface area contributed by atoms with Crippen molar-refractivity contribution in [1.82, 2.24) is 4.90 Å². The predicted molar refractivity (Wildman–Crippen MR) is 119 cm³/mol. The van der Waals surface area contributed by atoms with Gasteiger partial charge in [0.15, 0.2) is 10.6 Å². The molecule has 1 saturated heterocycles. The number of ether oxygens (including phenoxy) is 1. The van der Waals surface area contributed by atoms with E-state index >= 15 is 0 Å². The fourth-order valence-corrected chi connectivity index (χ4v) is 5.74. The van der Waals surface area contributed by atoms with Gasteiger partial charge < -0.3 is 19.0 Å². The Morgan fingerprint density at radius 3 is 2.71 bits per heavy atom. The zero-order chi connectivity index (χ0) is 21.6. The van der Waals surface area contributed by atoms with Crippen molar-refractivity contribution >= 4 is 29.3 Å². The number of aryl methyl sites for hydroxylation is 1. The highest BCUT2D eigenvalue weighted by Crippen LogP contribution is 2.55. The molecule has 3 heterocycles. The lowest BCUT2D eigenvalue weighted by atomic mass is 10.0. The topological polar surface area (TPSA) is 63.0 Å². The Kier molecular flexibility index (Phi) is 4.78. The summed E-state index contributed by atoms with van der Waals surface area (Å²) in [6, 6.07) is 17.1. The van der Waals surface area contributed by atoms with Crippen molar-refractivity contribution < 1.29 is 18.7 Å². The quantitative estimate of drug-likeness (QED) is 0.616. The molecule has 6 nitrogen and oxygen atoms in total. The van der Waals surface area contributed by atoms with Gasteiger partial charge in [-0.25, -0.2) is 0 Å². The third-order valence-corrected chi connectivity index (χ3v) is 7.26. The molecule has 1 spiro atoms. The number of rotatable bonds is 4. The monoisotopic (exact) mass is 434 g/mol. The van der Waals surface area contributed by atoms with Crippen LogP contribution in [0.15, 0.2) is 65.3 Å². The van der Waals surface area contributed by atoms with Crippen molar-refractivity contribution in [2.75, 3.05) is 24.3 Å². The number of carbonyl (C=O) groups is 2. The van der Waals surface area contributed by atoms with Gasteiger partial charge >= 0.3 is 0 Å². The third-order valence-electron chi connectivity index (χ3n) is 5.84. The first-order chi connectivity index (χ1) is 15.0. The largest absolute Gasteiger partial charge is 0.497 e. The Bertz CT molecular complexity index is 1140. The molecule has 31 heavy (non-hydrogen) atoms. The Balaban J connectivity index is 1.61. The minimum Gasteiger partial charge on any atom is -0.497 e. The first kappa shape index (κ1) is 19.8. The van der Waals surface area contributed by atoms with Crippen molar-refractivity contribution in [3.63, 3.8) is 0 Å². The van der Waals surface area contributed by atoms with Crippen molar-refractivity contribution in [2.45, 2.75) is 18.3 Å². The molecule has 158 valence electrons. The molecule has 3 aromatic rings. The second-order valence-corrected chi connectivity index (χ2v) is 8.97. The molecule has 2 aliphatic heterocycles. The molecule has 7 heteroatoms. The van der Waals surface area contributed by atoms with Crippen LogP contribution in [0.5, 0.6) is 5.75 Å². The van der Waals surface area contributed by atoms with Crippen LogP contribution in [0.1, 0.15) is 27.2 Å². The summed E-state index contributed by atoms with van der Waals surface area (Å²) in [6.45, 7) is 2.93. The maximum atomic E-state index is 14.0. The van der Waals surface area contributed by atoms with Gasteiger partial charge in [0.05, 0.1) is 25.6 Å². The van der Waals surface area contributed by atoms with E-state index < -0.39 is 4.87 Å². The first-order valence-electron chi connectivity index (χ1n) is 10.1. The number of carbonyl (C=O) groups excluding carboxylic acids is 2. The van der Waals surface area contributed by atoms with E-state index in [1.165, 1.54) is 23.6 Å². The number of nitrogens with zero attached hydrogens (tertiary/aromatic N) is 2. The molecule has 1 fully saturated rings. The summed E-state index contributed by atoms with van der Waals surface area (Å²) in [5.74, 6) is 1.15. The Labute approximate surface area is 184 Å². The molecule has 0 N–H and O–H groups in total. The second kappa shape index (κ2) is 7.50. The zero-order valence-corrected chi connectivity index (χ0v) is 18.1. The molecule has 0 aliphatic carbocycles. The van der Waals surface area contributed by atoms with E-state index in [4.69, 9.17) is 9.15 Å². The lowest BCUT2D eigenvalue weighted by Crippen LogP contribution is -2.50. The molecule has 1 aromatic heterocycles. The van der Waals surface area contributed by atoms with Gasteiger partial charge in [-0.15, -0.1) is 11.8 Å². The van der Waals surface area contributed by atoms with Gasteiger partial charge in [0.25, 0.3) is 11.8 Å². The van der Waals surface area contributed by atoms with Crippen LogP contribution in [0.25, 0.3) is 0 Å². The van der Waals surface area contributed by atoms with Gasteiger partial charge in [0.2, 0.25) is 0 Å². The SMILES string of the molecule is COc1ccc2c(c1)[C@]1(SCCN1C(=O)c1ccco1)C(=O)N2Cc1ccc(C)cc1. The number of hydrogen-bond acceptors (Lipinski definition) is 5. The minimum atomic E-state index is -1.13. The number of anilines is 1. The molecule has 0 bridgehead atoms. The average Bonchev–Trinajstić information content (AvgIpc) is 3.52. The van der Waals surface area contributed by atoms with E-state index in [1.54, 1.807) is 29.0 Å².